The number of ether oxygens (including phenoxy) is 4. The van der Waals surface area contributed by atoms with E-state index >= 15 is 0 Å². The molecule has 5 rings (SSSR count). The van der Waals surface area contributed by atoms with Gasteiger partial charge in [0, 0.05) is 23.1 Å². The zero-order chi connectivity index (χ0) is 22.4. The number of benzene rings is 2. The maximum atomic E-state index is 6.30. The average molecular weight is 466 g/mol. The zero-order valence-electron chi connectivity index (χ0n) is 17.5. The second kappa shape index (κ2) is 7.92. The number of H-pyrrole nitrogens is 2. The SMILES string of the molecule is COc1cc(C2c3ccc4cccnc4c3Oc3[nH]c(=S)[nH]c(=S)c32)cc(OC)c1OC. The summed E-state index contributed by atoms with van der Waals surface area (Å²) >= 11 is 11.0. The van der Waals surface area contributed by atoms with Gasteiger partial charge in [-0.2, -0.15) is 0 Å². The molecule has 2 aromatic carbocycles. The highest BCUT2D eigenvalue weighted by atomic mass is 32.1. The molecule has 4 aromatic rings. The highest BCUT2D eigenvalue weighted by molar-refractivity contribution is 7.72. The summed E-state index contributed by atoms with van der Waals surface area (Å²) in [5.74, 6) is 2.47. The fourth-order valence-electron chi connectivity index (χ4n) is 4.16. The van der Waals surface area contributed by atoms with Crippen LogP contribution in [0.3, 0.4) is 0 Å². The van der Waals surface area contributed by atoms with Crippen molar-refractivity contribution in [2.24, 2.45) is 0 Å². The van der Waals surface area contributed by atoms with Gasteiger partial charge in [0.1, 0.15) is 10.2 Å². The van der Waals surface area contributed by atoms with Crippen molar-refractivity contribution >= 4 is 35.3 Å². The number of rotatable bonds is 4. The van der Waals surface area contributed by atoms with Crippen LogP contribution in [-0.2, 0) is 0 Å². The number of fused-ring (bicyclic) bond motifs is 4. The van der Waals surface area contributed by atoms with Crippen LogP contribution in [0.25, 0.3) is 10.9 Å². The van der Waals surface area contributed by atoms with Crippen molar-refractivity contribution in [1.82, 2.24) is 15.0 Å². The average Bonchev–Trinajstić information content (AvgIpc) is 2.81. The van der Waals surface area contributed by atoms with Crippen molar-refractivity contribution in [3.05, 3.63) is 68.7 Å². The largest absolute Gasteiger partial charge is 0.493 e. The summed E-state index contributed by atoms with van der Waals surface area (Å²) in [6.07, 6.45) is 1.75. The van der Waals surface area contributed by atoms with Gasteiger partial charge in [-0.05, 0) is 36.0 Å². The number of hydrogen-bond donors (Lipinski definition) is 2. The van der Waals surface area contributed by atoms with E-state index in [-0.39, 0.29) is 5.92 Å². The molecule has 3 heterocycles. The second-order valence-electron chi connectivity index (χ2n) is 7.20. The molecule has 2 aromatic heterocycles. The van der Waals surface area contributed by atoms with E-state index in [1.807, 2.05) is 36.4 Å². The van der Waals surface area contributed by atoms with Crippen LogP contribution >= 0.6 is 24.4 Å². The molecule has 0 saturated heterocycles. The molecule has 0 radical (unpaired) electrons. The van der Waals surface area contributed by atoms with Gasteiger partial charge in [-0.25, -0.2) is 0 Å². The van der Waals surface area contributed by atoms with Crippen LogP contribution < -0.4 is 18.9 Å². The van der Waals surface area contributed by atoms with E-state index < -0.39 is 0 Å². The van der Waals surface area contributed by atoms with E-state index in [0.717, 1.165) is 27.6 Å². The fraction of sp³-hybridized carbons (Fsp3) is 0.174. The van der Waals surface area contributed by atoms with Crippen LogP contribution in [0.1, 0.15) is 22.6 Å². The Balaban J connectivity index is 1.86. The smallest absolute Gasteiger partial charge is 0.206 e. The standard InChI is InChI=1S/C23H19N3O4S2/c1-27-14-9-12(10-15(28-2)20(14)29-3)16-13-7-6-11-5-4-8-24-18(11)19(13)30-21-17(16)22(31)26-23(32)25-21/h4-10,16H,1-3H3,(H2,25,26,31,32). The minimum Gasteiger partial charge on any atom is -0.493 e. The Morgan fingerprint density at radius 1 is 0.969 bits per heavy atom. The first-order chi connectivity index (χ1) is 15.5. The van der Waals surface area contributed by atoms with Gasteiger partial charge in [0.2, 0.25) is 11.6 Å². The molecule has 2 N–H and O–H groups in total. The molecule has 1 aliphatic heterocycles. The third-order valence-electron chi connectivity index (χ3n) is 5.53. The van der Waals surface area contributed by atoms with Gasteiger partial charge < -0.3 is 28.9 Å². The summed E-state index contributed by atoms with van der Waals surface area (Å²) in [6, 6.07) is 11.8. The maximum absolute atomic E-state index is 6.30. The molecule has 0 saturated carbocycles. The van der Waals surface area contributed by atoms with E-state index in [9.17, 15) is 0 Å². The number of hydrogen-bond acceptors (Lipinski definition) is 7. The Kier molecular flexibility index (Phi) is 5.07. The number of pyridine rings is 1. The molecule has 1 aliphatic rings. The first-order valence-corrected chi connectivity index (χ1v) is 10.6. The van der Waals surface area contributed by atoms with Gasteiger partial charge >= 0.3 is 0 Å². The van der Waals surface area contributed by atoms with Gasteiger partial charge in [0.25, 0.3) is 0 Å². The van der Waals surface area contributed by atoms with Gasteiger partial charge in [0.05, 0.1) is 26.9 Å². The van der Waals surface area contributed by atoms with E-state index in [1.54, 1.807) is 27.5 Å². The summed E-state index contributed by atoms with van der Waals surface area (Å²) < 4.78 is 23.9. The highest BCUT2D eigenvalue weighted by Gasteiger charge is 2.33. The Morgan fingerprint density at radius 3 is 2.41 bits per heavy atom. The lowest BCUT2D eigenvalue weighted by Crippen LogP contribution is -2.15. The quantitative estimate of drug-likeness (QED) is 0.331. The third-order valence-corrected chi connectivity index (χ3v) is 6.05. The van der Waals surface area contributed by atoms with Gasteiger partial charge in [0.15, 0.2) is 22.0 Å². The van der Waals surface area contributed by atoms with E-state index in [2.05, 4.69) is 15.0 Å². The lowest BCUT2D eigenvalue weighted by molar-refractivity contribution is 0.323. The molecular formula is C23H19N3O4S2. The van der Waals surface area contributed by atoms with Gasteiger partial charge in [-0.15, -0.1) is 0 Å². The van der Waals surface area contributed by atoms with Crippen LogP contribution in [-0.4, -0.2) is 36.3 Å². The normalized spacial score (nSPS) is 14.3. The van der Waals surface area contributed by atoms with E-state index in [0.29, 0.717) is 38.3 Å². The summed E-state index contributed by atoms with van der Waals surface area (Å²) in [5, 5.41) is 0.970. The Hall–Kier alpha value is -3.43. The summed E-state index contributed by atoms with van der Waals surface area (Å²) in [7, 11) is 4.76. The van der Waals surface area contributed by atoms with Crippen molar-refractivity contribution in [1.29, 1.82) is 0 Å². The topological polar surface area (TPSA) is 81.4 Å². The molecule has 162 valence electrons. The van der Waals surface area contributed by atoms with E-state index in [1.165, 1.54) is 0 Å². The van der Waals surface area contributed by atoms with E-state index in [4.69, 9.17) is 43.4 Å². The molecule has 1 atom stereocenters. The Morgan fingerprint density at radius 2 is 1.72 bits per heavy atom. The van der Waals surface area contributed by atoms with Crippen LogP contribution in [0.4, 0.5) is 0 Å². The molecule has 32 heavy (non-hydrogen) atoms. The van der Waals surface area contributed by atoms with Crippen molar-refractivity contribution in [2.75, 3.05) is 21.3 Å². The van der Waals surface area contributed by atoms with Crippen LogP contribution in [0.5, 0.6) is 28.9 Å². The minimum atomic E-state index is -0.288. The molecule has 0 aliphatic carbocycles. The Labute approximate surface area is 194 Å². The number of nitrogens with zero attached hydrogens (tertiary/aromatic N) is 1. The number of aromatic nitrogens is 3. The van der Waals surface area contributed by atoms with Crippen molar-refractivity contribution in [3.8, 4) is 28.9 Å². The number of nitrogens with one attached hydrogen (secondary N) is 2. The highest BCUT2D eigenvalue weighted by Crippen LogP contribution is 2.51. The first-order valence-electron chi connectivity index (χ1n) is 9.77. The molecular weight excluding hydrogens is 446 g/mol. The third kappa shape index (κ3) is 3.12. The summed E-state index contributed by atoms with van der Waals surface area (Å²) in [4.78, 5) is 10.7. The number of aromatic amines is 2. The van der Waals surface area contributed by atoms with Crippen LogP contribution in [0.15, 0.2) is 42.6 Å². The summed E-state index contributed by atoms with van der Waals surface area (Å²) in [5.41, 5.74) is 3.34. The molecule has 0 fully saturated rings. The zero-order valence-corrected chi connectivity index (χ0v) is 19.1. The predicted molar refractivity (Wildman–Crippen MR) is 126 cm³/mol. The van der Waals surface area contributed by atoms with Gasteiger partial charge in [-0.3, -0.25) is 4.98 Å². The lowest BCUT2D eigenvalue weighted by atomic mass is 9.83. The second-order valence-corrected chi connectivity index (χ2v) is 8.02. The fourth-order valence-corrected chi connectivity index (χ4v) is 4.73. The van der Waals surface area contributed by atoms with Crippen molar-refractivity contribution < 1.29 is 18.9 Å². The molecule has 0 spiro atoms. The van der Waals surface area contributed by atoms with Crippen molar-refractivity contribution in [2.45, 2.75) is 5.92 Å². The predicted octanol–water partition coefficient (Wildman–Crippen LogP) is 5.66. The van der Waals surface area contributed by atoms with Gasteiger partial charge in [-0.1, -0.05) is 30.4 Å². The lowest BCUT2D eigenvalue weighted by Gasteiger charge is -2.29. The van der Waals surface area contributed by atoms with Crippen molar-refractivity contribution in [3.63, 3.8) is 0 Å². The molecule has 0 bridgehead atoms. The molecule has 0 amide bonds. The molecule has 1 unspecified atom stereocenters. The maximum Gasteiger partial charge on any atom is 0.206 e. The van der Waals surface area contributed by atoms with Crippen LogP contribution in [0.2, 0.25) is 0 Å². The minimum absolute atomic E-state index is 0.288. The molecule has 7 nitrogen and oxygen atoms in total. The summed E-state index contributed by atoms with van der Waals surface area (Å²) in [6.45, 7) is 0. The Bertz CT molecular complexity index is 1450. The number of methoxy groups -OCH3 is 3. The monoisotopic (exact) mass is 465 g/mol. The molecule has 9 heteroatoms. The van der Waals surface area contributed by atoms with Crippen LogP contribution in [0, 0.1) is 9.41 Å². The first kappa shape index (κ1) is 20.5.